The second-order valence-electron chi connectivity index (χ2n) is 2.40. The first-order valence-electron chi connectivity index (χ1n) is 3.66. The molecule has 0 aliphatic carbocycles. The molecule has 0 aliphatic rings. The summed E-state index contributed by atoms with van der Waals surface area (Å²) in [6.07, 6.45) is 3.88. The topological polar surface area (TPSA) is 38.9 Å². The first kappa shape index (κ1) is 7.03. The third-order valence-electron chi connectivity index (χ3n) is 1.52. The summed E-state index contributed by atoms with van der Waals surface area (Å²) in [4.78, 5) is 4.15. The van der Waals surface area contributed by atoms with Gasteiger partial charge in [0, 0.05) is 18.3 Å². The van der Waals surface area contributed by atoms with Crippen LogP contribution in [0.25, 0.3) is 0 Å². The lowest BCUT2D eigenvalue weighted by Gasteiger charge is -1.93. The van der Waals surface area contributed by atoms with Crippen molar-refractivity contribution < 1.29 is 4.52 Å². The van der Waals surface area contributed by atoms with Crippen molar-refractivity contribution in [1.29, 1.82) is 0 Å². The Bertz CT molecular complexity index is 329. The van der Waals surface area contributed by atoms with Crippen molar-refractivity contribution in [2.75, 3.05) is 0 Å². The van der Waals surface area contributed by atoms with Crippen LogP contribution in [0.1, 0.15) is 11.4 Å². The molecular weight excluding hydrogens is 152 g/mol. The van der Waals surface area contributed by atoms with E-state index in [0.29, 0.717) is 6.42 Å². The van der Waals surface area contributed by atoms with Crippen molar-refractivity contribution >= 4 is 0 Å². The van der Waals surface area contributed by atoms with Gasteiger partial charge in [-0.3, -0.25) is 4.98 Å². The molecule has 0 aliphatic heterocycles. The minimum atomic E-state index is 0.678. The third kappa shape index (κ3) is 1.50. The van der Waals surface area contributed by atoms with Gasteiger partial charge in [-0.25, -0.2) is 0 Å². The Kier molecular flexibility index (Phi) is 1.86. The summed E-state index contributed by atoms with van der Waals surface area (Å²) in [5, 5.41) is 3.74. The summed E-state index contributed by atoms with van der Waals surface area (Å²) in [6, 6.07) is 8.65. The van der Waals surface area contributed by atoms with E-state index < -0.39 is 0 Å². The monoisotopic (exact) mass is 159 g/mol. The quantitative estimate of drug-likeness (QED) is 0.665. The molecule has 2 aromatic heterocycles. The van der Waals surface area contributed by atoms with Crippen molar-refractivity contribution in [3.63, 3.8) is 0 Å². The molecule has 59 valence electrons. The van der Waals surface area contributed by atoms with Gasteiger partial charge >= 0.3 is 0 Å². The van der Waals surface area contributed by atoms with Crippen LogP contribution in [0, 0.1) is 6.07 Å². The zero-order valence-electron chi connectivity index (χ0n) is 6.40. The molecule has 0 unspecified atom stereocenters. The van der Waals surface area contributed by atoms with E-state index in [2.05, 4.69) is 20.7 Å². The molecule has 0 N–H and O–H groups in total. The molecule has 0 fully saturated rings. The number of hydrogen-bond donors (Lipinski definition) is 0. The summed E-state index contributed by atoms with van der Waals surface area (Å²) < 4.78 is 4.65. The first-order valence-corrected chi connectivity index (χ1v) is 3.66. The average Bonchev–Trinajstić information content (AvgIpc) is 2.59. The van der Waals surface area contributed by atoms with Crippen LogP contribution < -0.4 is 0 Å². The lowest BCUT2D eigenvalue weighted by Crippen LogP contribution is -1.90. The van der Waals surface area contributed by atoms with Gasteiger partial charge in [-0.1, -0.05) is 11.2 Å². The first-order chi connectivity index (χ1) is 5.95. The summed E-state index contributed by atoms with van der Waals surface area (Å²) in [5.74, 6) is 0. The molecule has 0 amide bonds. The van der Waals surface area contributed by atoms with E-state index in [4.69, 9.17) is 0 Å². The van der Waals surface area contributed by atoms with E-state index in [9.17, 15) is 0 Å². The SMILES string of the molecule is [c]1conc1Cc1ccccn1. The number of rotatable bonds is 2. The summed E-state index contributed by atoms with van der Waals surface area (Å²) in [7, 11) is 0. The van der Waals surface area contributed by atoms with E-state index >= 15 is 0 Å². The predicted molar refractivity (Wildman–Crippen MR) is 42.4 cm³/mol. The highest BCUT2D eigenvalue weighted by Crippen LogP contribution is 2.02. The Morgan fingerprint density at radius 3 is 3.08 bits per heavy atom. The summed E-state index contributed by atoms with van der Waals surface area (Å²) in [5.41, 5.74) is 1.76. The zero-order valence-corrected chi connectivity index (χ0v) is 6.40. The van der Waals surface area contributed by atoms with Crippen LogP contribution in [-0.4, -0.2) is 10.1 Å². The van der Waals surface area contributed by atoms with Gasteiger partial charge in [-0.15, -0.1) is 0 Å². The van der Waals surface area contributed by atoms with Gasteiger partial charge in [-0.05, 0) is 12.1 Å². The summed E-state index contributed by atoms with van der Waals surface area (Å²) >= 11 is 0. The normalized spacial score (nSPS) is 10.0. The Hall–Kier alpha value is -1.64. The molecule has 12 heavy (non-hydrogen) atoms. The van der Waals surface area contributed by atoms with Crippen LogP contribution >= 0.6 is 0 Å². The van der Waals surface area contributed by atoms with Gasteiger partial charge in [0.25, 0.3) is 0 Å². The number of hydrogen-bond acceptors (Lipinski definition) is 3. The van der Waals surface area contributed by atoms with Crippen LogP contribution in [-0.2, 0) is 6.42 Å². The molecule has 3 nitrogen and oxygen atoms in total. The summed E-state index contributed by atoms with van der Waals surface area (Å²) in [6.45, 7) is 0. The van der Waals surface area contributed by atoms with Gasteiger partial charge in [0.05, 0.1) is 11.8 Å². The molecule has 2 aromatic rings. The number of pyridine rings is 1. The van der Waals surface area contributed by atoms with E-state index in [1.54, 1.807) is 6.20 Å². The van der Waals surface area contributed by atoms with Crippen molar-refractivity contribution in [3.8, 4) is 0 Å². The van der Waals surface area contributed by atoms with Crippen LogP contribution in [0.15, 0.2) is 35.2 Å². The predicted octanol–water partition coefficient (Wildman–Crippen LogP) is 1.46. The van der Waals surface area contributed by atoms with E-state index in [0.717, 1.165) is 11.4 Å². The highest BCUT2D eigenvalue weighted by molar-refractivity contribution is 5.11. The third-order valence-corrected chi connectivity index (χ3v) is 1.52. The maximum Gasteiger partial charge on any atom is 0.132 e. The molecule has 0 saturated heterocycles. The fourth-order valence-electron chi connectivity index (χ4n) is 0.968. The molecule has 0 spiro atoms. The molecule has 2 rings (SSSR count). The minimum absolute atomic E-state index is 0.678. The largest absolute Gasteiger partial charge is 0.364 e. The molecule has 0 bridgehead atoms. The van der Waals surface area contributed by atoms with Gasteiger partial charge in [0.1, 0.15) is 6.26 Å². The molecule has 0 atom stereocenters. The van der Waals surface area contributed by atoms with Crippen molar-refractivity contribution in [3.05, 3.63) is 48.1 Å². The van der Waals surface area contributed by atoms with Crippen molar-refractivity contribution in [2.45, 2.75) is 6.42 Å². The van der Waals surface area contributed by atoms with E-state index in [-0.39, 0.29) is 0 Å². The van der Waals surface area contributed by atoms with Crippen molar-refractivity contribution in [2.24, 2.45) is 0 Å². The van der Waals surface area contributed by atoms with E-state index in [1.165, 1.54) is 6.26 Å². The molecule has 2 heterocycles. The number of nitrogens with zero attached hydrogens (tertiary/aromatic N) is 2. The molecule has 0 aromatic carbocycles. The van der Waals surface area contributed by atoms with Gasteiger partial charge in [0.15, 0.2) is 0 Å². The van der Waals surface area contributed by atoms with Crippen molar-refractivity contribution in [1.82, 2.24) is 10.1 Å². The lowest BCUT2D eigenvalue weighted by molar-refractivity contribution is 0.413. The second-order valence-corrected chi connectivity index (χ2v) is 2.40. The van der Waals surface area contributed by atoms with Gasteiger partial charge in [0.2, 0.25) is 0 Å². The average molecular weight is 159 g/mol. The Morgan fingerprint density at radius 2 is 2.42 bits per heavy atom. The fraction of sp³-hybridized carbons (Fsp3) is 0.111. The molecule has 0 saturated carbocycles. The lowest BCUT2D eigenvalue weighted by atomic mass is 10.2. The number of aromatic nitrogens is 2. The smallest absolute Gasteiger partial charge is 0.132 e. The molecule has 3 heteroatoms. The van der Waals surface area contributed by atoms with Crippen LogP contribution in [0.2, 0.25) is 0 Å². The zero-order chi connectivity index (χ0) is 8.23. The molecular formula is C9H7N2O. The highest BCUT2D eigenvalue weighted by Gasteiger charge is 1.98. The Balaban J connectivity index is 2.15. The van der Waals surface area contributed by atoms with Gasteiger partial charge in [-0.2, -0.15) is 0 Å². The van der Waals surface area contributed by atoms with Crippen LogP contribution in [0.5, 0.6) is 0 Å². The van der Waals surface area contributed by atoms with Crippen LogP contribution in [0.3, 0.4) is 0 Å². The minimum Gasteiger partial charge on any atom is -0.364 e. The fourth-order valence-corrected chi connectivity index (χ4v) is 0.968. The highest BCUT2D eigenvalue weighted by atomic mass is 16.5. The molecule has 1 radical (unpaired) electrons. The Labute approximate surface area is 70.0 Å². The van der Waals surface area contributed by atoms with Gasteiger partial charge < -0.3 is 4.52 Å². The maximum absolute atomic E-state index is 4.65. The van der Waals surface area contributed by atoms with E-state index in [1.807, 2.05) is 18.2 Å². The van der Waals surface area contributed by atoms with Crippen LogP contribution in [0.4, 0.5) is 0 Å². The Morgan fingerprint density at radius 1 is 1.42 bits per heavy atom. The maximum atomic E-state index is 4.65. The standard InChI is InChI=1S/C9H7N2O/c1-2-5-10-8(3-1)7-9-4-6-12-11-9/h1-3,5-6H,7H2. The second kappa shape index (κ2) is 3.17.